The van der Waals surface area contributed by atoms with Crippen molar-refractivity contribution in [1.82, 2.24) is 4.98 Å². The van der Waals surface area contributed by atoms with Crippen molar-refractivity contribution in [3.8, 4) is 11.9 Å². The van der Waals surface area contributed by atoms with Crippen molar-refractivity contribution in [1.29, 1.82) is 5.26 Å². The highest BCUT2D eigenvalue weighted by Crippen LogP contribution is 2.09. The minimum Gasteiger partial charge on any atom is -0.478 e. The fourth-order valence-electron chi connectivity index (χ4n) is 1.44. The van der Waals surface area contributed by atoms with E-state index in [1.165, 1.54) is 25.7 Å². The first kappa shape index (κ1) is 12.5. The van der Waals surface area contributed by atoms with E-state index < -0.39 is 0 Å². The average molecular weight is 218 g/mol. The van der Waals surface area contributed by atoms with E-state index in [4.69, 9.17) is 10.00 Å². The first-order valence-corrected chi connectivity index (χ1v) is 5.85. The van der Waals surface area contributed by atoms with Crippen LogP contribution in [0.4, 0.5) is 0 Å². The molecule has 0 unspecified atom stereocenters. The van der Waals surface area contributed by atoms with Gasteiger partial charge in [0, 0.05) is 12.3 Å². The van der Waals surface area contributed by atoms with Crippen LogP contribution in [0.25, 0.3) is 0 Å². The zero-order chi connectivity index (χ0) is 11.6. The molecule has 0 radical (unpaired) electrons. The number of pyridine rings is 1. The second-order valence-corrected chi connectivity index (χ2v) is 3.76. The minimum atomic E-state index is 0.551. The molecule has 0 aliphatic heterocycles. The zero-order valence-electron chi connectivity index (χ0n) is 9.78. The number of hydrogen-bond donors (Lipinski definition) is 0. The molecular weight excluding hydrogens is 200 g/mol. The van der Waals surface area contributed by atoms with Gasteiger partial charge in [0.05, 0.1) is 18.2 Å². The molecule has 1 rings (SSSR count). The van der Waals surface area contributed by atoms with E-state index in [0.29, 0.717) is 18.1 Å². The van der Waals surface area contributed by atoms with E-state index in [2.05, 4.69) is 18.0 Å². The van der Waals surface area contributed by atoms with Crippen molar-refractivity contribution in [2.45, 2.75) is 39.0 Å². The van der Waals surface area contributed by atoms with E-state index in [0.717, 1.165) is 6.42 Å². The van der Waals surface area contributed by atoms with Gasteiger partial charge < -0.3 is 4.74 Å². The van der Waals surface area contributed by atoms with Gasteiger partial charge in [-0.05, 0) is 12.5 Å². The van der Waals surface area contributed by atoms with Crippen LogP contribution in [-0.4, -0.2) is 11.6 Å². The summed E-state index contributed by atoms with van der Waals surface area (Å²) in [5.41, 5.74) is 0.594. The maximum absolute atomic E-state index is 8.70. The van der Waals surface area contributed by atoms with Gasteiger partial charge in [-0.1, -0.05) is 32.6 Å². The lowest BCUT2D eigenvalue weighted by Crippen LogP contribution is -1.99. The Hall–Kier alpha value is -1.56. The summed E-state index contributed by atoms with van der Waals surface area (Å²) in [6, 6.07) is 5.41. The minimum absolute atomic E-state index is 0.551. The fraction of sp³-hybridized carbons (Fsp3) is 0.538. The van der Waals surface area contributed by atoms with Crippen LogP contribution >= 0.6 is 0 Å². The summed E-state index contributed by atoms with van der Waals surface area (Å²) in [7, 11) is 0. The number of nitriles is 1. The van der Waals surface area contributed by atoms with Gasteiger partial charge in [-0.2, -0.15) is 5.26 Å². The van der Waals surface area contributed by atoms with Crippen LogP contribution in [0.3, 0.4) is 0 Å². The number of aromatic nitrogens is 1. The molecule has 16 heavy (non-hydrogen) atoms. The average Bonchev–Trinajstić information content (AvgIpc) is 2.34. The molecule has 0 amide bonds. The Kier molecular flexibility index (Phi) is 6.02. The van der Waals surface area contributed by atoms with Gasteiger partial charge in [0.15, 0.2) is 0 Å². The molecule has 0 aromatic carbocycles. The van der Waals surface area contributed by atoms with Crippen molar-refractivity contribution in [3.05, 3.63) is 23.9 Å². The molecule has 0 N–H and O–H groups in total. The van der Waals surface area contributed by atoms with Gasteiger partial charge in [0.2, 0.25) is 5.88 Å². The summed E-state index contributed by atoms with van der Waals surface area (Å²) in [6.07, 6.45) is 7.68. The lowest BCUT2D eigenvalue weighted by molar-refractivity contribution is 0.293. The van der Waals surface area contributed by atoms with Crippen LogP contribution in [0.5, 0.6) is 5.88 Å². The largest absolute Gasteiger partial charge is 0.478 e. The van der Waals surface area contributed by atoms with Gasteiger partial charge in [0.25, 0.3) is 0 Å². The van der Waals surface area contributed by atoms with Crippen LogP contribution < -0.4 is 4.74 Å². The van der Waals surface area contributed by atoms with Crippen LogP contribution in [-0.2, 0) is 0 Å². The van der Waals surface area contributed by atoms with E-state index in [9.17, 15) is 0 Å². The maximum atomic E-state index is 8.70. The summed E-state index contributed by atoms with van der Waals surface area (Å²) in [5.74, 6) is 0.551. The molecule has 3 heteroatoms. The molecule has 0 spiro atoms. The lowest BCUT2D eigenvalue weighted by atomic mass is 10.2. The highest BCUT2D eigenvalue weighted by Gasteiger charge is 1.97. The molecule has 0 atom stereocenters. The Bertz CT molecular complexity index is 344. The molecule has 0 aliphatic carbocycles. The number of ether oxygens (including phenoxy) is 1. The molecule has 0 aliphatic rings. The first-order valence-electron chi connectivity index (χ1n) is 5.85. The van der Waals surface area contributed by atoms with Crippen LogP contribution in [0, 0.1) is 11.3 Å². The van der Waals surface area contributed by atoms with Gasteiger partial charge in [-0.15, -0.1) is 0 Å². The Morgan fingerprint density at radius 3 is 2.88 bits per heavy atom. The Morgan fingerprint density at radius 2 is 2.12 bits per heavy atom. The Morgan fingerprint density at radius 1 is 1.31 bits per heavy atom. The van der Waals surface area contributed by atoms with Crippen molar-refractivity contribution < 1.29 is 4.74 Å². The Labute approximate surface area is 97.1 Å². The maximum Gasteiger partial charge on any atom is 0.214 e. The van der Waals surface area contributed by atoms with Gasteiger partial charge in [-0.25, -0.2) is 4.98 Å². The molecule has 0 saturated heterocycles. The summed E-state index contributed by atoms with van der Waals surface area (Å²) < 4.78 is 5.47. The summed E-state index contributed by atoms with van der Waals surface area (Å²) in [4.78, 5) is 4.05. The van der Waals surface area contributed by atoms with E-state index in [-0.39, 0.29) is 0 Å². The summed E-state index contributed by atoms with van der Waals surface area (Å²) >= 11 is 0. The number of hydrogen-bond acceptors (Lipinski definition) is 3. The van der Waals surface area contributed by atoms with Crippen molar-refractivity contribution in [2.24, 2.45) is 0 Å². The monoisotopic (exact) mass is 218 g/mol. The van der Waals surface area contributed by atoms with E-state index >= 15 is 0 Å². The third kappa shape index (κ3) is 4.79. The molecule has 0 saturated carbocycles. The molecular formula is C13H18N2O. The molecule has 1 aromatic heterocycles. The number of nitrogens with zero attached hydrogens (tertiary/aromatic N) is 2. The van der Waals surface area contributed by atoms with E-state index in [1.807, 2.05) is 0 Å². The third-order valence-electron chi connectivity index (χ3n) is 2.36. The molecule has 86 valence electrons. The van der Waals surface area contributed by atoms with Crippen molar-refractivity contribution in [3.63, 3.8) is 0 Å². The predicted octanol–water partition coefficient (Wildman–Crippen LogP) is 3.30. The highest BCUT2D eigenvalue weighted by atomic mass is 16.5. The van der Waals surface area contributed by atoms with Gasteiger partial charge in [0.1, 0.15) is 0 Å². The lowest BCUT2D eigenvalue weighted by Gasteiger charge is -2.04. The molecule has 3 nitrogen and oxygen atoms in total. The Balaban J connectivity index is 2.19. The third-order valence-corrected chi connectivity index (χ3v) is 2.36. The molecule has 0 fully saturated rings. The van der Waals surface area contributed by atoms with Crippen LogP contribution in [0.1, 0.15) is 44.6 Å². The predicted molar refractivity (Wildman–Crippen MR) is 63.2 cm³/mol. The van der Waals surface area contributed by atoms with Crippen molar-refractivity contribution in [2.75, 3.05) is 6.61 Å². The fourth-order valence-corrected chi connectivity index (χ4v) is 1.44. The second kappa shape index (κ2) is 7.70. The smallest absolute Gasteiger partial charge is 0.214 e. The standard InChI is InChI=1S/C13H18N2O/c1-2-3-4-5-6-9-16-13-10-12(11-14)7-8-15-13/h7-8,10H,2-6,9H2,1H3. The quantitative estimate of drug-likeness (QED) is 0.659. The SMILES string of the molecule is CCCCCCCOc1cc(C#N)ccn1. The first-order chi connectivity index (χ1) is 7.86. The van der Waals surface area contributed by atoms with Crippen molar-refractivity contribution >= 4 is 0 Å². The number of rotatable bonds is 7. The van der Waals surface area contributed by atoms with Crippen LogP contribution in [0.2, 0.25) is 0 Å². The van der Waals surface area contributed by atoms with Gasteiger partial charge in [-0.3, -0.25) is 0 Å². The van der Waals surface area contributed by atoms with Gasteiger partial charge >= 0.3 is 0 Å². The molecule has 1 heterocycles. The summed E-state index contributed by atoms with van der Waals surface area (Å²) in [6.45, 7) is 2.89. The summed E-state index contributed by atoms with van der Waals surface area (Å²) in [5, 5.41) is 8.70. The molecule has 1 aromatic rings. The topological polar surface area (TPSA) is 45.9 Å². The number of unbranched alkanes of at least 4 members (excludes halogenated alkanes) is 4. The zero-order valence-corrected chi connectivity index (χ0v) is 9.78. The van der Waals surface area contributed by atoms with Crippen LogP contribution in [0.15, 0.2) is 18.3 Å². The normalized spacial score (nSPS) is 9.75. The molecule has 0 bridgehead atoms. The second-order valence-electron chi connectivity index (χ2n) is 3.76. The van der Waals surface area contributed by atoms with E-state index in [1.54, 1.807) is 18.3 Å². The highest BCUT2D eigenvalue weighted by molar-refractivity contribution is 5.31.